The summed E-state index contributed by atoms with van der Waals surface area (Å²) >= 11 is 1.65. The molecule has 0 saturated carbocycles. The van der Waals surface area contributed by atoms with Gasteiger partial charge in [-0.3, -0.25) is 4.79 Å². The Morgan fingerprint density at radius 1 is 1.54 bits per heavy atom. The quantitative estimate of drug-likeness (QED) is 0.606. The summed E-state index contributed by atoms with van der Waals surface area (Å²) in [5.41, 5.74) is 0. The monoisotopic (exact) mass is 205 g/mol. The first-order valence-electron chi connectivity index (χ1n) is 4.62. The van der Waals surface area contributed by atoms with E-state index in [1.165, 1.54) is 0 Å². The van der Waals surface area contributed by atoms with Crippen molar-refractivity contribution >= 4 is 17.7 Å². The Labute approximate surface area is 84.3 Å². The number of rotatable bonds is 7. The lowest BCUT2D eigenvalue weighted by Crippen LogP contribution is -2.26. The third kappa shape index (κ3) is 9.70. The zero-order valence-corrected chi connectivity index (χ0v) is 9.19. The van der Waals surface area contributed by atoms with Gasteiger partial charge in [0.2, 0.25) is 5.91 Å². The Bertz CT molecular complexity index is 140. The van der Waals surface area contributed by atoms with Crippen LogP contribution in [0.3, 0.4) is 0 Å². The maximum atomic E-state index is 11.1. The average molecular weight is 205 g/mol. The summed E-state index contributed by atoms with van der Waals surface area (Å²) in [7, 11) is 0. The van der Waals surface area contributed by atoms with Crippen LogP contribution < -0.4 is 5.32 Å². The summed E-state index contributed by atoms with van der Waals surface area (Å²) in [6, 6.07) is 0. The Morgan fingerprint density at radius 3 is 2.77 bits per heavy atom. The van der Waals surface area contributed by atoms with Crippen LogP contribution in [0.25, 0.3) is 0 Å². The fraction of sp³-hybridized carbons (Fsp3) is 0.889. The number of carbonyl (C=O) groups excluding carboxylic acids is 1. The largest absolute Gasteiger partial charge is 0.396 e. The third-order valence-electron chi connectivity index (χ3n) is 1.34. The van der Waals surface area contributed by atoms with Gasteiger partial charge in [-0.1, -0.05) is 13.8 Å². The van der Waals surface area contributed by atoms with Gasteiger partial charge in [-0.15, -0.1) is 0 Å². The van der Waals surface area contributed by atoms with Gasteiger partial charge in [0, 0.05) is 13.2 Å². The van der Waals surface area contributed by atoms with E-state index in [0.29, 0.717) is 24.6 Å². The zero-order valence-electron chi connectivity index (χ0n) is 8.38. The molecule has 0 bridgehead atoms. The van der Waals surface area contributed by atoms with Crippen molar-refractivity contribution in [3.05, 3.63) is 0 Å². The maximum Gasteiger partial charge on any atom is 0.229 e. The fourth-order valence-electron chi connectivity index (χ4n) is 0.745. The van der Waals surface area contributed by atoms with Crippen molar-refractivity contribution in [3.63, 3.8) is 0 Å². The highest BCUT2D eigenvalue weighted by atomic mass is 32.2. The number of carbonyl (C=O) groups is 1. The zero-order chi connectivity index (χ0) is 10.1. The van der Waals surface area contributed by atoms with E-state index in [1.54, 1.807) is 11.8 Å². The second-order valence-corrected chi connectivity index (χ2v) is 4.37. The second kappa shape index (κ2) is 8.38. The molecular formula is C9H19NO2S. The molecule has 78 valence electrons. The molecule has 0 rings (SSSR count). The lowest BCUT2D eigenvalue weighted by atomic mass is 10.3. The van der Waals surface area contributed by atoms with E-state index >= 15 is 0 Å². The van der Waals surface area contributed by atoms with Crippen LogP contribution in [0, 0.1) is 5.92 Å². The molecule has 1 amide bonds. The summed E-state index contributed by atoms with van der Waals surface area (Å²) in [6.07, 6.45) is 0.639. The third-order valence-corrected chi connectivity index (χ3v) is 2.71. The van der Waals surface area contributed by atoms with Gasteiger partial charge < -0.3 is 10.4 Å². The Hall–Kier alpha value is -0.220. The molecule has 0 atom stereocenters. The van der Waals surface area contributed by atoms with E-state index in [9.17, 15) is 4.79 Å². The van der Waals surface area contributed by atoms with Crippen LogP contribution in [0.2, 0.25) is 0 Å². The van der Waals surface area contributed by atoms with Gasteiger partial charge >= 0.3 is 0 Å². The van der Waals surface area contributed by atoms with Crippen molar-refractivity contribution in [1.29, 1.82) is 0 Å². The molecule has 0 aliphatic heterocycles. The molecule has 4 heteroatoms. The first-order chi connectivity index (χ1) is 6.16. The van der Waals surface area contributed by atoms with Gasteiger partial charge in [-0.05, 0) is 18.1 Å². The minimum absolute atomic E-state index is 0.0686. The molecule has 13 heavy (non-hydrogen) atoms. The number of aliphatic hydroxyl groups is 1. The van der Waals surface area contributed by atoms with E-state index in [-0.39, 0.29) is 12.5 Å². The SMILES string of the molecule is CC(C)CSCC(=O)NCCCO. The van der Waals surface area contributed by atoms with Crippen molar-refractivity contribution in [3.8, 4) is 0 Å². The van der Waals surface area contributed by atoms with Crippen LogP contribution >= 0.6 is 11.8 Å². The van der Waals surface area contributed by atoms with Crippen LogP contribution in [0.5, 0.6) is 0 Å². The predicted octanol–water partition coefficient (Wildman–Crippen LogP) is 0.874. The Kier molecular flexibility index (Phi) is 8.24. The van der Waals surface area contributed by atoms with Gasteiger partial charge in [-0.2, -0.15) is 11.8 Å². The summed E-state index contributed by atoms with van der Waals surface area (Å²) < 4.78 is 0. The smallest absolute Gasteiger partial charge is 0.229 e. The van der Waals surface area contributed by atoms with Crippen molar-refractivity contribution < 1.29 is 9.90 Å². The number of thioether (sulfide) groups is 1. The number of amides is 1. The Balaban J connectivity index is 3.20. The minimum atomic E-state index is 0.0686. The molecule has 2 N–H and O–H groups in total. The highest BCUT2D eigenvalue weighted by Crippen LogP contribution is 2.06. The number of aliphatic hydroxyl groups excluding tert-OH is 1. The fourth-order valence-corrected chi connectivity index (χ4v) is 1.62. The van der Waals surface area contributed by atoms with Crippen molar-refractivity contribution in [2.75, 3.05) is 24.7 Å². The van der Waals surface area contributed by atoms with Crippen LogP contribution in [-0.2, 0) is 4.79 Å². The van der Waals surface area contributed by atoms with E-state index in [4.69, 9.17) is 5.11 Å². The van der Waals surface area contributed by atoms with E-state index in [2.05, 4.69) is 19.2 Å². The topological polar surface area (TPSA) is 49.3 Å². The van der Waals surface area contributed by atoms with Crippen molar-refractivity contribution in [1.82, 2.24) is 5.32 Å². The molecule has 0 aromatic rings. The molecule has 0 fully saturated rings. The predicted molar refractivity (Wildman–Crippen MR) is 56.9 cm³/mol. The molecule has 0 aromatic carbocycles. The molecule has 0 spiro atoms. The molecule has 0 aromatic heterocycles. The average Bonchev–Trinajstić information content (AvgIpc) is 2.04. The van der Waals surface area contributed by atoms with Gasteiger partial charge in [0.25, 0.3) is 0 Å². The molecule has 0 heterocycles. The first-order valence-corrected chi connectivity index (χ1v) is 5.77. The molecule has 0 radical (unpaired) electrons. The molecule has 0 aliphatic rings. The molecular weight excluding hydrogens is 186 g/mol. The lowest BCUT2D eigenvalue weighted by molar-refractivity contribution is -0.118. The standard InChI is InChI=1S/C9H19NO2S/c1-8(2)6-13-7-9(12)10-4-3-5-11/h8,11H,3-7H2,1-2H3,(H,10,12). The summed E-state index contributed by atoms with van der Waals surface area (Å²) in [4.78, 5) is 11.1. The van der Waals surface area contributed by atoms with Crippen molar-refractivity contribution in [2.45, 2.75) is 20.3 Å². The van der Waals surface area contributed by atoms with Gasteiger partial charge in [0.15, 0.2) is 0 Å². The van der Waals surface area contributed by atoms with E-state index in [0.717, 1.165) is 5.75 Å². The summed E-state index contributed by atoms with van der Waals surface area (Å²) in [5.74, 6) is 2.26. The molecule has 3 nitrogen and oxygen atoms in total. The highest BCUT2D eigenvalue weighted by molar-refractivity contribution is 7.99. The lowest BCUT2D eigenvalue weighted by Gasteiger charge is -2.05. The first kappa shape index (κ1) is 12.8. The van der Waals surface area contributed by atoms with Crippen LogP contribution in [-0.4, -0.2) is 35.7 Å². The van der Waals surface area contributed by atoms with Crippen LogP contribution in [0.1, 0.15) is 20.3 Å². The highest BCUT2D eigenvalue weighted by Gasteiger charge is 2.01. The van der Waals surface area contributed by atoms with Crippen LogP contribution in [0.4, 0.5) is 0 Å². The number of hydrogen-bond acceptors (Lipinski definition) is 3. The van der Waals surface area contributed by atoms with Crippen LogP contribution in [0.15, 0.2) is 0 Å². The Morgan fingerprint density at radius 2 is 2.23 bits per heavy atom. The van der Waals surface area contributed by atoms with Gasteiger partial charge in [-0.25, -0.2) is 0 Å². The van der Waals surface area contributed by atoms with E-state index in [1.807, 2.05) is 0 Å². The maximum absolute atomic E-state index is 11.1. The molecule has 0 saturated heterocycles. The van der Waals surface area contributed by atoms with Crippen molar-refractivity contribution in [2.24, 2.45) is 5.92 Å². The minimum Gasteiger partial charge on any atom is -0.396 e. The molecule has 0 unspecified atom stereocenters. The molecule has 0 aliphatic carbocycles. The summed E-state index contributed by atoms with van der Waals surface area (Å²) in [5, 5.41) is 11.2. The second-order valence-electron chi connectivity index (χ2n) is 3.34. The van der Waals surface area contributed by atoms with Gasteiger partial charge in [0.1, 0.15) is 0 Å². The number of nitrogens with one attached hydrogen (secondary N) is 1. The summed E-state index contributed by atoms with van der Waals surface area (Å²) in [6.45, 7) is 4.99. The van der Waals surface area contributed by atoms with E-state index < -0.39 is 0 Å². The van der Waals surface area contributed by atoms with Gasteiger partial charge in [0.05, 0.1) is 5.75 Å². The normalized spacial score (nSPS) is 10.5. The number of hydrogen-bond donors (Lipinski definition) is 2.